The van der Waals surface area contributed by atoms with Crippen molar-refractivity contribution in [2.75, 3.05) is 13.1 Å². The maximum atomic E-state index is 12.2. The average molecular weight is 296 g/mol. The van der Waals surface area contributed by atoms with Crippen LogP contribution in [0.5, 0.6) is 0 Å². The molecule has 0 bridgehead atoms. The lowest BCUT2D eigenvalue weighted by molar-refractivity contribution is 0.265. The van der Waals surface area contributed by atoms with E-state index in [9.17, 15) is 8.42 Å². The molecule has 1 N–H and O–H groups in total. The van der Waals surface area contributed by atoms with Gasteiger partial charge in [-0.1, -0.05) is 36.8 Å². The molecule has 1 aromatic rings. The zero-order chi connectivity index (χ0) is 14.4. The van der Waals surface area contributed by atoms with E-state index in [2.05, 4.69) is 16.9 Å². The summed E-state index contributed by atoms with van der Waals surface area (Å²) >= 11 is 0. The lowest BCUT2D eigenvalue weighted by atomic mass is 10.1. The van der Waals surface area contributed by atoms with Crippen molar-refractivity contribution in [2.24, 2.45) is 0 Å². The van der Waals surface area contributed by atoms with Crippen LogP contribution in [0.4, 0.5) is 0 Å². The highest BCUT2D eigenvalue weighted by Gasteiger charge is 2.28. The van der Waals surface area contributed by atoms with Crippen molar-refractivity contribution in [1.82, 2.24) is 9.03 Å². The summed E-state index contributed by atoms with van der Waals surface area (Å²) in [7, 11) is -3.30. The van der Waals surface area contributed by atoms with Gasteiger partial charge >= 0.3 is 0 Å². The Kier molecular flexibility index (Phi) is 5.57. The molecule has 4 nitrogen and oxygen atoms in total. The molecule has 1 atom stereocenters. The lowest BCUT2D eigenvalue weighted by Crippen LogP contribution is -2.48. The van der Waals surface area contributed by atoms with Crippen LogP contribution in [0.3, 0.4) is 0 Å². The Hall–Kier alpha value is -0.910. The fourth-order valence-corrected chi connectivity index (χ4v) is 4.17. The zero-order valence-electron chi connectivity index (χ0n) is 12.1. The summed E-state index contributed by atoms with van der Waals surface area (Å²) in [6, 6.07) is 10.3. The molecule has 5 heteroatoms. The van der Waals surface area contributed by atoms with Crippen molar-refractivity contribution < 1.29 is 8.42 Å². The molecule has 0 unspecified atom stereocenters. The fourth-order valence-electron chi connectivity index (χ4n) is 2.65. The first-order valence-electron chi connectivity index (χ1n) is 7.40. The van der Waals surface area contributed by atoms with Gasteiger partial charge < -0.3 is 0 Å². The third-order valence-electron chi connectivity index (χ3n) is 3.82. The minimum absolute atomic E-state index is 0.121. The third kappa shape index (κ3) is 4.30. The van der Waals surface area contributed by atoms with Gasteiger partial charge in [-0.2, -0.15) is 12.7 Å². The first-order valence-corrected chi connectivity index (χ1v) is 8.84. The summed E-state index contributed by atoms with van der Waals surface area (Å²) < 4.78 is 28.8. The molecule has 1 aliphatic rings. The fraction of sp³-hybridized carbons (Fsp3) is 0.600. The van der Waals surface area contributed by atoms with Crippen molar-refractivity contribution in [1.29, 1.82) is 0 Å². The van der Waals surface area contributed by atoms with Crippen molar-refractivity contribution >= 4 is 10.2 Å². The molecule has 0 saturated carbocycles. The van der Waals surface area contributed by atoms with Crippen LogP contribution in [-0.4, -0.2) is 31.9 Å². The first kappa shape index (κ1) is 15.5. The lowest BCUT2D eigenvalue weighted by Gasteiger charge is -2.32. The summed E-state index contributed by atoms with van der Waals surface area (Å²) in [4.78, 5) is 0. The Bertz CT molecular complexity index is 502. The van der Waals surface area contributed by atoms with E-state index in [4.69, 9.17) is 0 Å². The third-order valence-corrected chi connectivity index (χ3v) is 5.55. The SMILES string of the molecule is C[C@H]1CCCCN1S(=O)(=O)NCCCc1ccccc1. The van der Waals surface area contributed by atoms with Crippen LogP contribution in [0.15, 0.2) is 30.3 Å². The minimum Gasteiger partial charge on any atom is -0.202 e. The van der Waals surface area contributed by atoms with Gasteiger partial charge in [0.15, 0.2) is 0 Å². The molecule has 1 saturated heterocycles. The molecule has 0 aromatic heterocycles. The van der Waals surface area contributed by atoms with Gasteiger partial charge in [0.25, 0.3) is 10.2 Å². The topological polar surface area (TPSA) is 49.4 Å². The molecular weight excluding hydrogens is 272 g/mol. The Morgan fingerprint density at radius 2 is 2.00 bits per heavy atom. The van der Waals surface area contributed by atoms with Gasteiger partial charge in [0.2, 0.25) is 0 Å². The van der Waals surface area contributed by atoms with Gasteiger partial charge in [-0.05, 0) is 38.2 Å². The zero-order valence-corrected chi connectivity index (χ0v) is 12.9. The van der Waals surface area contributed by atoms with Crippen LogP contribution in [0.2, 0.25) is 0 Å². The van der Waals surface area contributed by atoms with Crippen LogP contribution in [-0.2, 0) is 16.6 Å². The molecule has 1 fully saturated rings. The Balaban J connectivity index is 1.77. The second-order valence-corrected chi connectivity index (χ2v) is 7.15. The molecule has 0 spiro atoms. The summed E-state index contributed by atoms with van der Waals surface area (Å²) in [5, 5.41) is 0. The average Bonchev–Trinajstić information content (AvgIpc) is 2.45. The van der Waals surface area contributed by atoms with Gasteiger partial charge in [0.1, 0.15) is 0 Å². The van der Waals surface area contributed by atoms with E-state index in [1.807, 2.05) is 25.1 Å². The number of nitrogens with zero attached hydrogens (tertiary/aromatic N) is 1. The second-order valence-electron chi connectivity index (χ2n) is 5.44. The normalized spacial score (nSPS) is 20.9. The molecular formula is C15H24N2O2S. The molecule has 0 amide bonds. The van der Waals surface area contributed by atoms with Crippen molar-refractivity contribution in [3.63, 3.8) is 0 Å². The smallest absolute Gasteiger partial charge is 0.202 e. The van der Waals surface area contributed by atoms with Crippen molar-refractivity contribution in [2.45, 2.75) is 45.1 Å². The van der Waals surface area contributed by atoms with Crippen molar-refractivity contribution in [3.05, 3.63) is 35.9 Å². The van der Waals surface area contributed by atoms with Gasteiger partial charge in [0, 0.05) is 19.1 Å². The highest BCUT2D eigenvalue weighted by Crippen LogP contribution is 2.18. The molecule has 1 aromatic carbocycles. The summed E-state index contributed by atoms with van der Waals surface area (Å²) in [6.07, 6.45) is 4.78. The molecule has 1 heterocycles. The molecule has 0 aliphatic carbocycles. The second kappa shape index (κ2) is 7.20. The van der Waals surface area contributed by atoms with E-state index < -0.39 is 10.2 Å². The number of hydrogen-bond donors (Lipinski definition) is 1. The maximum absolute atomic E-state index is 12.2. The highest BCUT2D eigenvalue weighted by molar-refractivity contribution is 7.87. The predicted molar refractivity (Wildman–Crippen MR) is 81.7 cm³/mol. The quantitative estimate of drug-likeness (QED) is 0.819. The van der Waals surface area contributed by atoms with Crippen LogP contribution < -0.4 is 4.72 Å². The largest absolute Gasteiger partial charge is 0.279 e. The molecule has 112 valence electrons. The van der Waals surface area contributed by atoms with E-state index in [0.717, 1.165) is 32.1 Å². The monoisotopic (exact) mass is 296 g/mol. The molecule has 2 rings (SSSR count). The molecule has 0 radical (unpaired) electrons. The summed E-state index contributed by atoms with van der Waals surface area (Å²) in [5.74, 6) is 0. The van der Waals surface area contributed by atoms with Gasteiger partial charge in [-0.25, -0.2) is 4.72 Å². The van der Waals surface area contributed by atoms with Gasteiger partial charge in [0.05, 0.1) is 0 Å². The van der Waals surface area contributed by atoms with Crippen molar-refractivity contribution in [3.8, 4) is 0 Å². The van der Waals surface area contributed by atoms with E-state index in [1.165, 1.54) is 5.56 Å². The van der Waals surface area contributed by atoms with Gasteiger partial charge in [-0.3, -0.25) is 0 Å². The van der Waals surface area contributed by atoms with E-state index in [-0.39, 0.29) is 6.04 Å². The Labute approximate surface area is 122 Å². The van der Waals surface area contributed by atoms with Gasteiger partial charge in [-0.15, -0.1) is 0 Å². The van der Waals surface area contributed by atoms with Crippen LogP contribution in [0.1, 0.15) is 38.2 Å². The predicted octanol–water partition coefficient (Wildman–Crippen LogP) is 2.33. The first-order chi connectivity index (χ1) is 9.59. The summed E-state index contributed by atoms with van der Waals surface area (Å²) in [5.41, 5.74) is 1.25. The number of hydrogen-bond acceptors (Lipinski definition) is 2. The van der Waals surface area contributed by atoms with E-state index >= 15 is 0 Å². The minimum atomic E-state index is -3.30. The Morgan fingerprint density at radius 1 is 1.25 bits per heavy atom. The number of benzene rings is 1. The highest BCUT2D eigenvalue weighted by atomic mass is 32.2. The number of piperidine rings is 1. The standard InChI is InChI=1S/C15H24N2O2S/c1-14-8-5-6-13-17(14)20(18,19)16-12-7-11-15-9-3-2-4-10-15/h2-4,9-10,14,16H,5-8,11-13H2,1H3/t14-/m0/s1. The van der Waals surface area contributed by atoms with E-state index in [0.29, 0.717) is 13.1 Å². The van der Waals surface area contributed by atoms with E-state index in [1.54, 1.807) is 4.31 Å². The maximum Gasteiger partial charge on any atom is 0.279 e. The van der Waals surface area contributed by atoms with Crippen LogP contribution >= 0.6 is 0 Å². The number of aryl methyl sites for hydroxylation is 1. The number of nitrogens with one attached hydrogen (secondary N) is 1. The Morgan fingerprint density at radius 3 is 2.70 bits per heavy atom. The van der Waals surface area contributed by atoms with Crippen LogP contribution in [0.25, 0.3) is 0 Å². The molecule has 20 heavy (non-hydrogen) atoms. The molecule has 1 aliphatic heterocycles. The number of rotatable bonds is 6. The summed E-state index contributed by atoms with van der Waals surface area (Å²) in [6.45, 7) is 3.14. The van der Waals surface area contributed by atoms with Crippen LogP contribution in [0, 0.1) is 0 Å².